The number of Topliss-reactive ketones (excluding diaryl/α,β-unsaturated/α-hetero) is 1. The van der Waals surface area contributed by atoms with Crippen LogP contribution in [0.2, 0.25) is 0 Å². The van der Waals surface area contributed by atoms with Crippen LogP contribution in [-0.4, -0.2) is 29.5 Å². The summed E-state index contributed by atoms with van der Waals surface area (Å²) in [5.41, 5.74) is 4.94. The van der Waals surface area contributed by atoms with Crippen LogP contribution in [0.5, 0.6) is 0 Å². The van der Waals surface area contributed by atoms with Crippen LogP contribution in [0.15, 0.2) is 17.2 Å². The van der Waals surface area contributed by atoms with Crippen molar-refractivity contribution < 1.29 is 9.59 Å². The van der Waals surface area contributed by atoms with Crippen molar-refractivity contribution in [3.05, 3.63) is 34.4 Å². The Bertz CT molecular complexity index is 875. The molecule has 0 bridgehead atoms. The molecule has 3 rings (SSSR count). The smallest absolute Gasteiger partial charge is 0.259 e. The lowest BCUT2D eigenvalue weighted by atomic mass is 9.47. The second-order valence-corrected chi connectivity index (χ2v) is 9.98. The lowest BCUT2D eigenvalue weighted by Gasteiger charge is -2.57. The van der Waals surface area contributed by atoms with Gasteiger partial charge in [-0.2, -0.15) is 5.10 Å². The molecule has 0 aromatic heterocycles. The normalized spacial score (nSPS) is 25.2. The summed E-state index contributed by atoms with van der Waals surface area (Å²) in [5.74, 6) is -1.16. The van der Waals surface area contributed by atoms with Crippen LogP contribution in [0.4, 0.5) is 0 Å². The van der Waals surface area contributed by atoms with Gasteiger partial charge >= 0.3 is 0 Å². The van der Waals surface area contributed by atoms with E-state index in [9.17, 15) is 9.59 Å². The molecule has 1 heterocycles. The van der Waals surface area contributed by atoms with E-state index < -0.39 is 5.92 Å². The quantitative estimate of drug-likeness (QED) is 0.569. The van der Waals surface area contributed by atoms with E-state index in [2.05, 4.69) is 52.7 Å². The van der Waals surface area contributed by atoms with Crippen molar-refractivity contribution >= 4 is 17.4 Å². The van der Waals surface area contributed by atoms with Gasteiger partial charge in [-0.05, 0) is 53.2 Å². The number of amides is 1. The van der Waals surface area contributed by atoms with Crippen LogP contribution in [0.25, 0.3) is 0 Å². The zero-order valence-electron chi connectivity index (χ0n) is 18.2. The van der Waals surface area contributed by atoms with Crippen molar-refractivity contribution in [3.63, 3.8) is 0 Å². The number of nitrogens with zero attached hydrogens (tertiary/aromatic N) is 2. The van der Waals surface area contributed by atoms with Crippen molar-refractivity contribution in [2.75, 3.05) is 7.05 Å². The van der Waals surface area contributed by atoms with Crippen LogP contribution in [0, 0.1) is 23.7 Å². The average molecular weight is 369 g/mol. The molecule has 146 valence electrons. The van der Waals surface area contributed by atoms with Gasteiger partial charge in [0.2, 0.25) is 0 Å². The zero-order chi connectivity index (χ0) is 20.5. The van der Waals surface area contributed by atoms with E-state index in [1.807, 2.05) is 13.0 Å². The van der Waals surface area contributed by atoms with Gasteiger partial charge in [0.1, 0.15) is 5.92 Å². The Morgan fingerprint density at radius 3 is 2.22 bits per heavy atom. The van der Waals surface area contributed by atoms with Gasteiger partial charge in [-0.3, -0.25) is 9.59 Å². The molecule has 27 heavy (non-hydrogen) atoms. The van der Waals surface area contributed by atoms with E-state index in [-0.39, 0.29) is 27.9 Å². The minimum Gasteiger partial charge on any atom is -0.293 e. The molecule has 1 aliphatic heterocycles. The molecule has 1 aromatic rings. The lowest BCUT2D eigenvalue weighted by Crippen LogP contribution is -2.52. The van der Waals surface area contributed by atoms with Crippen molar-refractivity contribution in [3.8, 4) is 0 Å². The Hall–Kier alpha value is -1.97. The number of carbonyl (C=O) groups is 2. The minimum atomic E-state index is -0.789. The Balaban J connectivity index is 2.16. The zero-order valence-corrected chi connectivity index (χ0v) is 18.2. The summed E-state index contributed by atoms with van der Waals surface area (Å²) < 4.78 is 0. The van der Waals surface area contributed by atoms with Crippen molar-refractivity contribution in [2.45, 2.75) is 67.2 Å². The Labute approximate surface area is 163 Å². The fourth-order valence-electron chi connectivity index (χ4n) is 5.07. The van der Waals surface area contributed by atoms with E-state index in [1.54, 1.807) is 14.0 Å². The number of benzene rings is 1. The van der Waals surface area contributed by atoms with E-state index in [0.29, 0.717) is 11.3 Å². The molecule has 2 aliphatic rings. The molecule has 0 fully saturated rings. The second kappa shape index (κ2) is 5.76. The highest BCUT2D eigenvalue weighted by Gasteiger charge is 2.53. The fourth-order valence-corrected chi connectivity index (χ4v) is 5.07. The summed E-state index contributed by atoms with van der Waals surface area (Å²) >= 11 is 0. The highest BCUT2D eigenvalue weighted by Crippen LogP contribution is 2.59. The third-order valence-corrected chi connectivity index (χ3v) is 7.88. The van der Waals surface area contributed by atoms with Gasteiger partial charge in [-0.15, -0.1) is 0 Å². The van der Waals surface area contributed by atoms with Gasteiger partial charge in [0, 0.05) is 12.6 Å². The highest BCUT2D eigenvalue weighted by molar-refractivity contribution is 6.26. The van der Waals surface area contributed by atoms with E-state index >= 15 is 0 Å². The van der Waals surface area contributed by atoms with Gasteiger partial charge in [0.25, 0.3) is 5.91 Å². The largest absolute Gasteiger partial charge is 0.293 e. The number of rotatable bonds is 2. The molecule has 0 saturated carbocycles. The maximum atomic E-state index is 13.3. The molecule has 1 amide bonds. The maximum Gasteiger partial charge on any atom is 0.259 e. The van der Waals surface area contributed by atoms with Crippen LogP contribution in [-0.2, 0) is 16.6 Å². The van der Waals surface area contributed by atoms with Gasteiger partial charge in [-0.25, -0.2) is 5.01 Å². The molecule has 4 nitrogen and oxygen atoms in total. The minimum absolute atomic E-state index is 0.0558. The van der Waals surface area contributed by atoms with E-state index in [0.717, 1.165) is 12.0 Å². The number of hydrazone groups is 1. The average Bonchev–Trinajstić information content (AvgIpc) is 2.77. The summed E-state index contributed by atoms with van der Waals surface area (Å²) in [5, 5.41) is 5.44. The number of carbonyl (C=O) groups excluding carboxylic acids is 2. The van der Waals surface area contributed by atoms with Gasteiger partial charge < -0.3 is 0 Å². The van der Waals surface area contributed by atoms with Crippen LogP contribution < -0.4 is 0 Å². The van der Waals surface area contributed by atoms with Crippen LogP contribution >= 0.6 is 0 Å². The summed E-state index contributed by atoms with van der Waals surface area (Å²) in [6, 6.07) is 4.02. The molecule has 1 unspecified atom stereocenters. The first-order valence-electron chi connectivity index (χ1n) is 9.74. The Morgan fingerprint density at radius 2 is 1.70 bits per heavy atom. The summed E-state index contributed by atoms with van der Waals surface area (Å²) in [6.07, 6.45) is 0.986. The first-order chi connectivity index (χ1) is 12.2. The summed E-state index contributed by atoms with van der Waals surface area (Å²) in [6.45, 7) is 17.7. The van der Waals surface area contributed by atoms with E-state index in [4.69, 9.17) is 0 Å². The predicted octanol–water partition coefficient (Wildman–Crippen LogP) is 4.53. The summed E-state index contributed by atoms with van der Waals surface area (Å²) in [4.78, 5) is 25.7. The molecule has 0 saturated heterocycles. The number of hydrogen-bond donors (Lipinski definition) is 0. The maximum absolute atomic E-state index is 13.3. The number of fused-ring (bicyclic) bond motifs is 1. The Kier molecular flexibility index (Phi) is 4.22. The third kappa shape index (κ3) is 2.52. The molecule has 1 atom stereocenters. The highest BCUT2D eigenvalue weighted by atomic mass is 16.2. The van der Waals surface area contributed by atoms with Crippen LogP contribution in [0.3, 0.4) is 0 Å². The predicted molar refractivity (Wildman–Crippen MR) is 109 cm³/mol. The van der Waals surface area contributed by atoms with Gasteiger partial charge in [-0.1, -0.05) is 53.7 Å². The van der Waals surface area contributed by atoms with Crippen LogP contribution in [0.1, 0.15) is 75.5 Å². The first-order valence-corrected chi connectivity index (χ1v) is 9.74. The monoisotopic (exact) mass is 368 g/mol. The molecular formula is C23H32N2O2. The molecule has 1 aromatic carbocycles. The van der Waals surface area contributed by atoms with E-state index in [1.165, 1.54) is 16.1 Å². The first kappa shape index (κ1) is 19.8. The molecule has 4 heteroatoms. The molecule has 0 radical (unpaired) electrons. The van der Waals surface area contributed by atoms with Crippen molar-refractivity contribution in [1.29, 1.82) is 0 Å². The Morgan fingerprint density at radius 1 is 1.11 bits per heavy atom. The van der Waals surface area contributed by atoms with Crippen molar-refractivity contribution in [2.24, 2.45) is 21.8 Å². The number of ketones is 1. The standard InChI is InChI=1S/C23H32N2O2/c1-13-16(19(26)17-14(2)24-25(9)20(17)27)11-10-15-12-21(3,4)23(7,8)22(5,6)18(13)15/h10-11,17H,12H2,1-9H3. The fraction of sp³-hybridized carbons (Fsp3) is 0.609. The van der Waals surface area contributed by atoms with Crippen molar-refractivity contribution in [1.82, 2.24) is 5.01 Å². The van der Waals surface area contributed by atoms with Gasteiger partial charge in [0.15, 0.2) is 5.78 Å². The topological polar surface area (TPSA) is 49.7 Å². The molecular weight excluding hydrogens is 336 g/mol. The third-order valence-electron chi connectivity index (χ3n) is 7.88. The molecule has 0 spiro atoms. The lowest BCUT2D eigenvalue weighted by molar-refractivity contribution is -0.129. The number of hydrogen-bond acceptors (Lipinski definition) is 3. The van der Waals surface area contributed by atoms with Gasteiger partial charge in [0.05, 0.1) is 5.71 Å². The SMILES string of the molecule is CC1=NN(C)C(=O)C1C(=O)c1ccc2c(c1C)C(C)(C)C(C)(C)C(C)(C)C2. The molecule has 0 N–H and O–H groups in total. The summed E-state index contributed by atoms with van der Waals surface area (Å²) in [7, 11) is 1.60. The molecule has 1 aliphatic carbocycles. The second-order valence-electron chi connectivity index (χ2n) is 9.98.